The maximum Gasteiger partial charge on any atom is 0.482 e. The number of hydrogen-bond acceptors (Lipinski definition) is 5. The van der Waals surface area contributed by atoms with E-state index in [2.05, 4.69) is 20.4 Å². The molecule has 7 nitrogen and oxygen atoms in total. The van der Waals surface area contributed by atoms with Crippen LogP contribution in [0.25, 0.3) is 10.8 Å². The Morgan fingerprint density at radius 2 is 1.71 bits per heavy atom. The first-order valence-corrected chi connectivity index (χ1v) is 8.40. The van der Waals surface area contributed by atoms with Crippen molar-refractivity contribution in [3.8, 4) is 0 Å². The zero-order valence-electron chi connectivity index (χ0n) is 12.6. The quantitative estimate of drug-likeness (QED) is 0.327. The average molecular weight is 343 g/mol. The van der Waals surface area contributed by atoms with Crippen molar-refractivity contribution in [1.82, 2.24) is 0 Å². The fourth-order valence-electron chi connectivity index (χ4n) is 2.27. The lowest BCUT2D eigenvalue weighted by Crippen LogP contribution is -2.52. The molecule has 0 spiro atoms. The molecule has 0 fully saturated rings. The predicted octanol–water partition coefficient (Wildman–Crippen LogP) is 3.13. The molecule has 3 aromatic carbocycles. The summed E-state index contributed by atoms with van der Waals surface area (Å²) in [5.74, 6) is 2.95. The highest BCUT2D eigenvalue weighted by Gasteiger charge is 2.37. The number of anilines is 1. The van der Waals surface area contributed by atoms with Gasteiger partial charge >= 0.3 is 10.5 Å². The van der Waals surface area contributed by atoms with Gasteiger partial charge in [-0.05, 0) is 28.5 Å². The molecule has 1 unspecified atom stereocenters. The van der Waals surface area contributed by atoms with Crippen molar-refractivity contribution in [2.24, 2.45) is 10.2 Å². The second kappa shape index (κ2) is 6.46. The Morgan fingerprint density at radius 3 is 2.46 bits per heavy atom. The van der Waals surface area contributed by atoms with Crippen molar-refractivity contribution in [3.63, 3.8) is 0 Å². The third-order valence-corrected chi connectivity index (χ3v) is 4.61. The Bertz CT molecular complexity index is 974. The van der Waals surface area contributed by atoms with Gasteiger partial charge in [0.1, 0.15) is 0 Å². The largest absolute Gasteiger partial charge is 0.482 e. The minimum atomic E-state index is -3.87. The molecular formula is C16H15N4O3S+2. The average Bonchev–Trinajstić information content (AvgIpc) is 2.62. The summed E-state index contributed by atoms with van der Waals surface area (Å²) >= 11 is 0. The molecule has 1 radical (unpaired) electrons. The predicted molar refractivity (Wildman–Crippen MR) is 90.0 cm³/mol. The molecule has 121 valence electrons. The van der Waals surface area contributed by atoms with Crippen molar-refractivity contribution in [3.05, 3.63) is 60.7 Å². The summed E-state index contributed by atoms with van der Waals surface area (Å²) in [7, 11) is -3.87. The van der Waals surface area contributed by atoms with Crippen molar-refractivity contribution in [2.75, 3.05) is 5.73 Å². The highest BCUT2D eigenvalue weighted by Crippen LogP contribution is 2.31. The SMILES string of the molecule is Nc1ccc(N=Nc2cccc([S+]([O])(=O)O[NH3+])c2)c2ccccc12. The normalized spacial score (nSPS) is 14.1. The van der Waals surface area contributed by atoms with Gasteiger partial charge in [-0.1, -0.05) is 30.3 Å². The molecule has 0 aliphatic heterocycles. The van der Waals surface area contributed by atoms with E-state index in [1.54, 1.807) is 24.3 Å². The zero-order valence-corrected chi connectivity index (χ0v) is 13.4. The van der Waals surface area contributed by atoms with Gasteiger partial charge in [0.2, 0.25) is 4.90 Å². The van der Waals surface area contributed by atoms with E-state index in [0.29, 0.717) is 17.1 Å². The molecule has 0 aliphatic rings. The zero-order chi connectivity index (χ0) is 17.2. The Balaban J connectivity index is 1.99. The van der Waals surface area contributed by atoms with Gasteiger partial charge in [0.15, 0.2) is 0 Å². The number of fused-ring (bicyclic) bond motifs is 1. The molecule has 0 aromatic heterocycles. The maximum absolute atomic E-state index is 11.7. The summed E-state index contributed by atoms with van der Waals surface area (Å²) in [6.45, 7) is 0. The van der Waals surface area contributed by atoms with Crippen molar-refractivity contribution in [1.29, 1.82) is 0 Å². The number of rotatable bonds is 4. The smallest absolute Gasteiger partial charge is 0.398 e. The Morgan fingerprint density at radius 1 is 0.958 bits per heavy atom. The Kier molecular flexibility index (Phi) is 4.36. The standard InChI is InChI=1S/C16H15N4O3S/c17-15-8-9-16(14-7-2-1-6-13(14)15)20-19-11-4-3-5-12(10-11)24(21,22)23-18/h1-10H,17H2,18H3/q+2. The van der Waals surface area contributed by atoms with Gasteiger partial charge in [0, 0.05) is 22.5 Å². The number of benzene rings is 3. The monoisotopic (exact) mass is 343 g/mol. The molecule has 5 N–H and O–H groups in total. The summed E-state index contributed by atoms with van der Waals surface area (Å²) < 4.78 is 27.6. The molecule has 3 aromatic rings. The second-order valence-corrected chi connectivity index (χ2v) is 6.60. The summed E-state index contributed by atoms with van der Waals surface area (Å²) in [5, 5.41) is 10.1. The lowest BCUT2D eigenvalue weighted by molar-refractivity contribution is -0.637. The van der Waals surface area contributed by atoms with Gasteiger partial charge in [-0.25, -0.2) is 0 Å². The van der Waals surface area contributed by atoms with E-state index in [-0.39, 0.29) is 4.90 Å². The highest BCUT2D eigenvalue weighted by atomic mass is 32.3. The third kappa shape index (κ3) is 3.17. The van der Waals surface area contributed by atoms with Crippen LogP contribution < -0.4 is 11.6 Å². The fourth-order valence-corrected chi connectivity index (χ4v) is 2.92. The van der Waals surface area contributed by atoms with Gasteiger partial charge in [0.25, 0.3) is 0 Å². The number of nitrogens with zero attached hydrogens (tertiary/aromatic N) is 2. The van der Waals surface area contributed by atoms with Crippen LogP contribution in [-0.2, 0) is 23.5 Å². The van der Waals surface area contributed by atoms with Crippen LogP contribution in [0.4, 0.5) is 17.1 Å². The molecular weight excluding hydrogens is 328 g/mol. The van der Waals surface area contributed by atoms with Crippen LogP contribution in [-0.4, -0.2) is 0 Å². The van der Waals surface area contributed by atoms with Crippen LogP contribution in [0.2, 0.25) is 0 Å². The van der Waals surface area contributed by atoms with Gasteiger partial charge in [0.05, 0.1) is 20.2 Å². The van der Waals surface area contributed by atoms with Gasteiger partial charge in [-0.2, -0.15) is 11.0 Å². The second-order valence-electron chi connectivity index (χ2n) is 4.99. The molecule has 24 heavy (non-hydrogen) atoms. The van der Waals surface area contributed by atoms with Crippen LogP contribution in [0.1, 0.15) is 0 Å². The van der Waals surface area contributed by atoms with Crippen LogP contribution in [0.5, 0.6) is 0 Å². The molecule has 0 aliphatic carbocycles. The maximum atomic E-state index is 11.7. The molecule has 0 amide bonds. The fraction of sp³-hybridized carbons (Fsp3) is 0. The van der Waals surface area contributed by atoms with Crippen LogP contribution in [0, 0.1) is 0 Å². The van der Waals surface area contributed by atoms with Crippen LogP contribution >= 0.6 is 0 Å². The van der Waals surface area contributed by atoms with E-state index in [9.17, 15) is 8.76 Å². The topological polar surface area (TPSA) is 125 Å². The molecule has 1 atom stereocenters. The summed E-state index contributed by atoms with van der Waals surface area (Å²) in [6, 6.07) is 17.1. The van der Waals surface area contributed by atoms with E-state index in [1.165, 1.54) is 12.1 Å². The van der Waals surface area contributed by atoms with Gasteiger partial charge in [-0.3, -0.25) is 0 Å². The van der Waals surface area contributed by atoms with Crippen LogP contribution in [0.3, 0.4) is 0 Å². The molecule has 3 rings (SSSR count). The molecule has 0 saturated heterocycles. The summed E-state index contributed by atoms with van der Waals surface area (Å²) in [5.41, 5.74) is 7.64. The molecule has 0 saturated carbocycles. The minimum absolute atomic E-state index is 0.0314. The van der Waals surface area contributed by atoms with Crippen molar-refractivity contribution < 1.29 is 18.9 Å². The number of nitrogens with two attached hydrogens (primary N) is 1. The first-order valence-electron chi connectivity index (χ1n) is 6.99. The van der Waals surface area contributed by atoms with E-state index >= 15 is 0 Å². The van der Waals surface area contributed by atoms with E-state index in [1.807, 2.05) is 24.3 Å². The minimum Gasteiger partial charge on any atom is -0.398 e. The molecule has 0 bridgehead atoms. The van der Waals surface area contributed by atoms with Crippen molar-refractivity contribution >= 4 is 38.3 Å². The third-order valence-electron chi connectivity index (χ3n) is 3.47. The van der Waals surface area contributed by atoms with Gasteiger partial charge in [-0.15, -0.1) is 5.11 Å². The molecule has 0 heterocycles. The number of azo groups is 1. The van der Waals surface area contributed by atoms with Gasteiger partial charge < -0.3 is 5.73 Å². The Labute approximate surface area is 139 Å². The van der Waals surface area contributed by atoms with E-state index in [4.69, 9.17) is 5.73 Å². The molecule has 8 heteroatoms. The summed E-state index contributed by atoms with van der Waals surface area (Å²) in [6.07, 6.45) is 0. The number of nitrogen functional groups attached to an aromatic ring is 1. The van der Waals surface area contributed by atoms with E-state index in [0.717, 1.165) is 10.8 Å². The van der Waals surface area contributed by atoms with Crippen molar-refractivity contribution in [2.45, 2.75) is 4.90 Å². The summed E-state index contributed by atoms with van der Waals surface area (Å²) in [4.78, 5) is -0.0314. The first-order chi connectivity index (χ1) is 11.5. The van der Waals surface area contributed by atoms with E-state index < -0.39 is 10.5 Å². The lowest BCUT2D eigenvalue weighted by atomic mass is 10.1. The number of hydrogen-bond donors (Lipinski definition) is 2. The Hall–Kier alpha value is -2.65. The highest BCUT2D eigenvalue weighted by molar-refractivity contribution is 7.92. The first kappa shape index (κ1) is 16.2. The lowest BCUT2D eigenvalue weighted by Gasteiger charge is -2.04. The number of quaternary nitrogens is 1. The van der Waals surface area contributed by atoms with Crippen LogP contribution in [0.15, 0.2) is 75.8 Å².